The highest BCUT2D eigenvalue weighted by molar-refractivity contribution is 7.98. The molecular formula is C15H29N3OS. The highest BCUT2D eigenvalue weighted by Gasteiger charge is 2.12. The summed E-state index contributed by atoms with van der Waals surface area (Å²) in [6, 6.07) is 2.63. The second-order valence-corrected chi connectivity index (χ2v) is 6.84. The zero-order chi connectivity index (χ0) is 15.0. The molecule has 1 atom stereocenters. The summed E-state index contributed by atoms with van der Waals surface area (Å²) in [6.45, 7) is 9.28. The van der Waals surface area contributed by atoms with Crippen molar-refractivity contribution in [3.63, 3.8) is 0 Å². The predicted molar refractivity (Wildman–Crippen MR) is 87.0 cm³/mol. The first-order valence-corrected chi connectivity index (χ1v) is 8.76. The van der Waals surface area contributed by atoms with E-state index in [-0.39, 0.29) is 0 Å². The van der Waals surface area contributed by atoms with Crippen molar-refractivity contribution < 1.29 is 4.52 Å². The molecule has 1 N–H and O–H groups in total. The Balaban J connectivity index is 2.35. The Kier molecular flexibility index (Phi) is 8.26. The Labute approximate surface area is 127 Å². The molecule has 0 aliphatic rings. The Morgan fingerprint density at radius 1 is 1.40 bits per heavy atom. The van der Waals surface area contributed by atoms with Gasteiger partial charge in [0.05, 0.1) is 12.2 Å². The molecule has 1 rings (SSSR count). The molecule has 116 valence electrons. The van der Waals surface area contributed by atoms with Gasteiger partial charge >= 0.3 is 0 Å². The zero-order valence-corrected chi connectivity index (χ0v) is 14.3. The van der Waals surface area contributed by atoms with Crippen LogP contribution in [0.3, 0.4) is 0 Å². The van der Waals surface area contributed by atoms with Crippen LogP contribution in [0.4, 0.5) is 0 Å². The van der Waals surface area contributed by atoms with Crippen LogP contribution in [0.1, 0.15) is 38.6 Å². The summed E-state index contributed by atoms with van der Waals surface area (Å²) in [7, 11) is 2.14. The lowest BCUT2D eigenvalue weighted by atomic mass is 10.2. The summed E-state index contributed by atoms with van der Waals surface area (Å²) in [5, 5.41) is 7.50. The molecule has 5 heteroatoms. The quantitative estimate of drug-likeness (QED) is 0.719. The average Bonchev–Trinajstić information content (AvgIpc) is 2.83. The maximum atomic E-state index is 5.41. The van der Waals surface area contributed by atoms with Crippen LogP contribution in [0, 0.1) is 5.92 Å². The first-order valence-electron chi connectivity index (χ1n) is 7.37. The van der Waals surface area contributed by atoms with Gasteiger partial charge in [-0.25, -0.2) is 0 Å². The number of nitrogens with zero attached hydrogens (tertiary/aromatic N) is 2. The van der Waals surface area contributed by atoms with Gasteiger partial charge in [-0.15, -0.1) is 0 Å². The molecule has 0 spiro atoms. The van der Waals surface area contributed by atoms with Gasteiger partial charge in [0.2, 0.25) is 0 Å². The summed E-state index contributed by atoms with van der Waals surface area (Å²) < 4.78 is 5.41. The van der Waals surface area contributed by atoms with Crippen LogP contribution >= 0.6 is 11.8 Å². The number of nitrogens with one attached hydrogen (secondary N) is 1. The van der Waals surface area contributed by atoms with Crippen LogP contribution in [0.15, 0.2) is 10.6 Å². The SMILES string of the molecule is CSCCC(C)N(C)Cc1cc(CNCC(C)C)no1. The van der Waals surface area contributed by atoms with E-state index in [9.17, 15) is 0 Å². The second kappa shape index (κ2) is 9.42. The lowest BCUT2D eigenvalue weighted by Gasteiger charge is -2.22. The lowest BCUT2D eigenvalue weighted by Crippen LogP contribution is -2.28. The third kappa shape index (κ3) is 6.77. The van der Waals surface area contributed by atoms with Crippen molar-refractivity contribution in [1.82, 2.24) is 15.4 Å². The van der Waals surface area contributed by atoms with Gasteiger partial charge < -0.3 is 9.84 Å². The molecule has 0 saturated heterocycles. The van der Waals surface area contributed by atoms with Crippen LogP contribution in [0.5, 0.6) is 0 Å². The minimum atomic E-state index is 0.565. The minimum Gasteiger partial charge on any atom is -0.360 e. The van der Waals surface area contributed by atoms with Crippen molar-refractivity contribution in [1.29, 1.82) is 0 Å². The maximum Gasteiger partial charge on any atom is 0.151 e. The molecule has 20 heavy (non-hydrogen) atoms. The van der Waals surface area contributed by atoms with E-state index in [1.54, 1.807) is 0 Å². The zero-order valence-electron chi connectivity index (χ0n) is 13.5. The van der Waals surface area contributed by atoms with E-state index in [1.165, 1.54) is 12.2 Å². The molecular weight excluding hydrogens is 270 g/mol. The third-order valence-electron chi connectivity index (χ3n) is 3.36. The summed E-state index contributed by atoms with van der Waals surface area (Å²) in [4.78, 5) is 2.32. The second-order valence-electron chi connectivity index (χ2n) is 5.85. The largest absolute Gasteiger partial charge is 0.360 e. The summed E-state index contributed by atoms with van der Waals surface area (Å²) in [5.74, 6) is 2.81. The monoisotopic (exact) mass is 299 g/mol. The molecule has 0 fully saturated rings. The van der Waals surface area contributed by atoms with E-state index in [1.807, 2.05) is 11.8 Å². The van der Waals surface area contributed by atoms with Gasteiger partial charge in [0, 0.05) is 18.7 Å². The molecule has 0 aliphatic heterocycles. The first-order chi connectivity index (χ1) is 9.52. The highest BCUT2D eigenvalue weighted by Crippen LogP contribution is 2.11. The molecule has 4 nitrogen and oxygen atoms in total. The standard InChI is InChI=1S/C15H29N3OS/c1-12(2)9-16-10-14-8-15(19-17-14)11-18(4)13(3)6-7-20-5/h8,12-13,16H,6-7,9-11H2,1-5H3. The number of aromatic nitrogens is 1. The van der Waals surface area contributed by atoms with Crippen molar-refractivity contribution >= 4 is 11.8 Å². The maximum absolute atomic E-state index is 5.41. The van der Waals surface area contributed by atoms with Crippen molar-refractivity contribution in [2.24, 2.45) is 5.92 Å². The predicted octanol–water partition coefficient (Wildman–Crippen LogP) is 2.99. The highest BCUT2D eigenvalue weighted by atomic mass is 32.2. The van der Waals surface area contributed by atoms with Gasteiger partial charge in [-0.3, -0.25) is 4.90 Å². The molecule has 0 aliphatic carbocycles. The molecule has 1 unspecified atom stereocenters. The third-order valence-corrected chi connectivity index (χ3v) is 4.01. The number of rotatable bonds is 10. The van der Waals surface area contributed by atoms with Crippen LogP contribution in [-0.2, 0) is 13.1 Å². The number of hydrogen-bond donors (Lipinski definition) is 1. The molecule has 1 aromatic heterocycles. The van der Waals surface area contributed by atoms with Crippen LogP contribution in [-0.4, -0.2) is 41.7 Å². The van der Waals surface area contributed by atoms with Crippen molar-refractivity contribution in [2.75, 3.05) is 25.6 Å². The molecule has 1 heterocycles. The smallest absolute Gasteiger partial charge is 0.151 e. The van der Waals surface area contributed by atoms with E-state index in [2.05, 4.69) is 55.5 Å². The van der Waals surface area contributed by atoms with E-state index < -0.39 is 0 Å². The minimum absolute atomic E-state index is 0.565. The van der Waals surface area contributed by atoms with Crippen molar-refractivity contribution in [3.8, 4) is 0 Å². The lowest BCUT2D eigenvalue weighted by molar-refractivity contribution is 0.215. The summed E-state index contributed by atoms with van der Waals surface area (Å²) >= 11 is 1.90. The van der Waals surface area contributed by atoms with Crippen LogP contribution in [0.2, 0.25) is 0 Å². The molecule has 0 radical (unpaired) electrons. The normalized spacial score (nSPS) is 13.3. The van der Waals surface area contributed by atoms with Gasteiger partial charge in [0.1, 0.15) is 0 Å². The van der Waals surface area contributed by atoms with E-state index in [4.69, 9.17) is 4.52 Å². The van der Waals surface area contributed by atoms with Gasteiger partial charge in [-0.05, 0) is 44.9 Å². The number of thioether (sulfide) groups is 1. The summed E-state index contributed by atoms with van der Waals surface area (Å²) in [5.41, 5.74) is 0.991. The number of hydrogen-bond acceptors (Lipinski definition) is 5. The van der Waals surface area contributed by atoms with Crippen molar-refractivity contribution in [2.45, 2.75) is 46.3 Å². The molecule has 0 aromatic carbocycles. The first kappa shape index (κ1) is 17.5. The molecule has 1 aromatic rings. The Hall–Kier alpha value is -0.520. The van der Waals surface area contributed by atoms with E-state index in [0.29, 0.717) is 12.0 Å². The van der Waals surface area contributed by atoms with E-state index >= 15 is 0 Å². The fraction of sp³-hybridized carbons (Fsp3) is 0.800. The average molecular weight is 299 g/mol. The molecule has 0 amide bonds. The fourth-order valence-electron chi connectivity index (χ4n) is 1.91. The Morgan fingerprint density at radius 2 is 2.15 bits per heavy atom. The molecule has 0 bridgehead atoms. The fourth-order valence-corrected chi connectivity index (χ4v) is 2.49. The Bertz CT molecular complexity index is 368. The van der Waals surface area contributed by atoms with Crippen LogP contribution < -0.4 is 5.32 Å². The van der Waals surface area contributed by atoms with Crippen molar-refractivity contribution in [3.05, 3.63) is 17.5 Å². The van der Waals surface area contributed by atoms with Gasteiger partial charge in [0.15, 0.2) is 5.76 Å². The Morgan fingerprint density at radius 3 is 2.80 bits per heavy atom. The van der Waals surface area contributed by atoms with Gasteiger partial charge in [0.25, 0.3) is 0 Å². The van der Waals surface area contributed by atoms with Crippen LogP contribution in [0.25, 0.3) is 0 Å². The van der Waals surface area contributed by atoms with Gasteiger partial charge in [-0.2, -0.15) is 11.8 Å². The molecule has 0 saturated carbocycles. The van der Waals surface area contributed by atoms with Gasteiger partial charge in [-0.1, -0.05) is 19.0 Å². The van der Waals surface area contributed by atoms with E-state index in [0.717, 1.165) is 31.1 Å². The summed E-state index contributed by atoms with van der Waals surface area (Å²) in [6.07, 6.45) is 3.36. The topological polar surface area (TPSA) is 41.3 Å².